The van der Waals surface area contributed by atoms with Crippen LogP contribution in [0.3, 0.4) is 0 Å². The molecule has 1 heterocycles. The van der Waals surface area contributed by atoms with E-state index in [-0.39, 0.29) is 0 Å². The minimum absolute atomic E-state index is 0.435. The summed E-state index contributed by atoms with van der Waals surface area (Å²) in [6.45, 7) is 5.19. The van der Waals surface area contributed by atoms with Gasteiger partial charge in [0.15, 0.2) is 11.0 Å². The molecular weight excluding hydrogens is 268 g/mol. The Hall–Kier alpha value is -1.80. The van der Waals surface area contributed by atoms with Crippen LogP contribution in [0.1, 0.15) is 31.2 Å². The summed E-state index contributed by atoms with van der Waals surface area (Å²) in [7, 11) is 0. The van der Waals surface area contributed by atoms with Crippen LogP contribution in [0.25, 0.3) is 11.0 Å². The highest BCUT2D eigenvalue weighted by Gasteiger charge is 2.21. The summed E-state index contributed by atoms with van der Waals surface area (Å²) in [6, 6.07) is 16.4. The molecule has 0 unspecified atom stereocenters. The summed E-state index contributed by atoms with van der Waals surface area (Å²) in [4.78, 5) is 3.52. The van der Waals surface area contributed by atoms with Crippen molar-refractivity contribution in [2.75, 3.05) is 0 Å². The smallest absolute Gasteiger partial charge is 0.241 e. The summed E-state index contributed by atoms with van der Waals surface area (Å²) in [6.07, 6.45) is 0. The van der Waals surface area contributed by atoms with Crippen LogP contribution >= 0.6 is 11.6 Å². The number of benzene rings is 2. The maximum absolute atomic E-state index is 6.30. The van der Waals surface area contributed by atoms with E-state index in [1.807, 2.05) is 18.2 Å². The normalized spacial score (nSPS) is 11.4. The Morgan fingerprint density at radius 1 is 1.05 bits per heavy atom. The first-order valence-corrected chi connectivity index (χ1v) is 7.28. The van der Waals surface area contributed by atoms with Gasteiger partial charge in [0.25, 0.3) is 5.82 Å². The molecule has 3 heteroatoms. The number of H-pyrrole nitrogens is 1. The van der Waals surface area contributed by atoms with Gasteiger partial charge in [0.1, 0.15) is 6.54 Å². The number of nitrogens with zero attached hydrogens (tertiary/aromatic N) is 1. The van der Waals surface area contributed by atoms with Crippen molar-refractivity contribution in [1.29, 1.82) is 0 Å². The average Bonchev–Trinajstić information content (AvgIpc) is 2.81. The summed E-state index contributed by atoms with van der Waals surface area (Å²) < 4.78 is 2.32. The maximum atomic E-state index is 6.30. The van der Waals surface area contributed by atoms with Gasteiger partial charge in [-0.25, -0.2) is 9.55 Å². The van der Waals surface area contributed by atoms with Gasteiger partial charge in [0.2, 0.25) is 0 Å². The molecule has 0 fully saturated rings. The second-order valence-electron chi connectivity index (χ2n) is 5.36. The molecule has 3 rings (SSSR count). The summed E-state index contributed by atoms with van der Waals surface area (Å²) >= 11 is 6.30. The molecule has 3 aromatic rings. The molecule has 0 radical (unpaired) electrons. The number of aromatic amines is 1. The van der Waals surface area contributed by atoms with E-state index in [9.17, 15) is 0 Å². The van der Waals surface area contributed by atoms with Crippen molar-refractivity contribution in [3.05, 3.63) is 64.9 Å². The fourth-order valence-electron chi connectivity index (χ4n) is 2.57. The van der Waals surface area contributed by atoms with E-state index in [2.05, 4.69) is 53.7 Å². The Bertz CT molecular complexity index is 744. The molecular formula is C17H18ClN2+. The van der Waals surface area contributed by atoms with Crippen LogP contribution in [-0.2, 0) is 6.54 Å². The predicted octanol–water partition coefficient (Wildman–Crippen LogP) is 4.28. The summed E-state index contributed by atoms with van der Waals surface area (Å²) in [5, 5.41) is 0.819. The third-order valence-corrected chi connectivity index (χ3v) is 3.95. The lowest BCUT2D eigenvalue weighted by molar-refractivity contribution is -0.671. The second kappa shape index (κ2) is 5.29. The first kappa shape index (κ1) is 13.2. The topological polar surface area (TPSA) is 19.7 Å². The number of imidazole rings is 1. The monoisotopic (exact) mass is 285 g/mol. The Morgan fingerprint density at radius 2 is 1.75 bits per heavy atom. The molecule has 0 bridgehead atoms. The standard InChI is InChI=1S/C17H17ClN2/c1-12(2)17-19-15-9-5-6-10-16(15)20(17)11-13-7-3-4-8-14(13)18/h3-10,12H,11H2,1-2H3/p+1. The SMILES string of the molecule is CC(C)c1[nH]c2ccccc2[n+]1Cc1ccccc1Cl. The van der Waals surface area contributed by atoms with Crippen LogP contribution in [-0.4, -0.2) is 4.98 Å². The molecule has 0 aliphatic carbocycles. The van der Waals surface area contributed by atoms with E-state index < -0.39 is 0 Å². The van der Waals surface area contributed by atoms with Gasteiger partial charge in [-0.2, -0.15) is 0 Å². The van der Waals surface area contributed by atoms with Crippen LogP contribution in [0.5, 0.6) is 0 Å². The van der Waals surface area contributed by atoms with Gasteiger partial charge in [-0.3, -0.25) is 0 Å². The first-order chi connectivity index (χ1) is 9.66. The highest BCUT2D eigenvalue weighted by atomic mass is 35.5. The van der Waals surface area contributed by atoms with E-state index >= 15 is 0 Å². The number of rotatable bonds is 3. The van der Waals surface area contributed by atoms with Gasteiger partial charge >= 0.3 is 0 Å². The minimum Gasteiger partial charge on any atom is -0.241 e. The molecule has 1 aromatic heterocycles. The third-order valence-electron chi connectivity index (χ3n) is 3.58. The number of hydrogen-bond donors (Lipinski definition) is 1. The van der Waals surface area contributed by atoms with Gasteiger partial charge in [-0.05, 0) is 18.2 Å². The number of fused-ring (bicyclic) bond motifs is 1. The molecule has 0 saturated carbocycles. The lowest BCUT2D eigenvalue weighted by atomic mass is 10.2. The Kier molecular flexibility index (Phi) is 3.49. The molecule has 102 valence electrons. The van der Waals surface area contributed by atoms with Crippen molar-refractivity contribution in [1.82, 2.24) is 4.98 Å². The predicted molar refractivity (Wildman–Crippen MR) is 83.1 cm³/mol. The molecule has 2 nitrogen and oxygen atoms in total. The molecule has 2 aromatic carbocycles. The van der Waals surface area contributed by atoms with Crippen molar-refractivity contribution in [3.63, 3.8) is 0 Å². The highest BCUT2D eigenvalue weighted by Crippen LogP contribution is 2.19. The third kappa shape index (κ3) is 2.32. The number of para-hydroxylation sites is 2. The molecule has 0 aliphatic rings. The number of hydrogen-bond acceptors (Lipinski definition) is 0. The second-order valence-corrected chi connectivity index (χ2v) is 5.77. The van der Waals surface area contributed by atoms with Crippen molar-refractivity contribution >= 4 is 22.6 Å². The Morgan fingerprint density at radius 3 is 2.50 bits per heavy atom. The number of aromatic nitrogens is 2. The Balaban J connectivity index is 2.14. The van der Waals surface area contributed by atoms with Gasteiger partial charge in [0.05, 0.1) is 5.92 Å². The van der Waals surface area contributed by atoms with Gasteiger partial charge in [-0.15, -0.1) is 0 Å². The lowest BCUT2D eigenvalue weighted by Crippen LogP contribution is -2.38. The molecule has 1 N–H and O–H groups in total. The first-order valence-electron chi connectivity index (χ1n) is 6.90. The van der Waals surface area contributed by atoms with E-state index in [0.29, 0.717) is 5.92 Å². The zero-order valence-corrected chi connectivity index (χ0v) is 12.5. The van der Waals surface area contributed by atoms with Crippen LogP contribution in [0.15, 0.2) is 48.5 Å². The van der Waals surface area contributed by atoms with Crippen LogP contribution in [0.2, 0.25) is 5.02 Å². The fraction of sp³-hybridized carbons (Fsp3) is 0.235. The largest absolute Gasteiger partial charge is 0.258 e. The van der Waals surface area contributed by atoms with Gasteiger partial charge in [0, 0.05) is 10.6 Å². The Labute approximate surface area is 124 Å². The van der Waals surface area contributed by atoms with Crippen molar-refractivity contribution in [2.45, 2.75) is 26.3 Å². The highest BCUT2D eigenvalue weighted by molar-refractivity contribution is 6.31. The molecule has 0 spiro atoms. The fourth-order valence-corrected chi connectivity index (χ4v) is 2.77. The number of halogens is 1. The van der Waals surface area contributed by atoms with Crippen molar-refractivity contribution in [2.24, 2.45) is 0 Å². The van der Waals surface area contributed by atoms with E-state index in [0.717, 1.165) is 17.1 Å². The van der Waals surface area contributed by atoms with E-state index in [1.165, 1.54) is 16.9 Å². The maximum Gasteiger partial charge on any atom is 0.258 e. The van der Waals surface area contributed by atoms with Crippen molar-refractivity contribution < 1.29 is 4.57 Å². The molecule has 0 saturated heterocycles. The van der Waals surface area contributed by atoms with Crippen LogP contribution in [0.4, 0.5) is 0 Å². The van der Waals surface area contributed by atoms with Gasteiger partial charge in [-0.1, -0.05) is 55.8 Å². The minimum atomic E-state index is 0.435. The van der Waals surface area contributed by atoms with Crippen LogP contribution in [0, 0.1) is 0 Å². The zero-order chi connectivity index (χ0) is 14.1. The lowest BCUT2D eigenvalue weighted by Gasteiger charge is -2.06. The summed E-state index contributed by atoms with van der Waals surface area (Å²) in [5.74, 6) is 1.66. The van der Waals surface area contributed by atoms with Gasteiger partial charge < -0.3 is 0 Å². The molecule has 0 amide bonds. The molecule has 0 aliphatic heterocycles. The van der Waals surface area contributed by atoms with Crippen molar-refractivity contribution in [3.8, 4) is 0 Å². The van der Waals surface area contributed by atoms with E-state index in [1.54, 1.807) is 0 Å². The summed E-state index contributed by atoms with van der Waals surface area (Å²) in [5.41, 5.74) is 3.53. The average molecular weight is 286 g/mol. The molecule has 0 atom stereocenters. The van der Waals surface area contributed by atoms with Crippen LogP contribution < -0.4 is 4.57 Å². The zero-order valence-electron chi connectivity index (χ0n) is 11.7. The molecule has 20 heavy (non-hydrogen) atoms. The number of nitrogens with one attached hydrogen (secondary N) is 1. The van der Waals surface area contributed by atoms with E-state index in [4.69, 9.17) is 11.6 Å². The quantitative estimate of drug-likeness (QED) is 0.693.